The van der Waals surface area contributed by atoms with Crippen molar-refractivity contribution < 1.29 is 9.90 Å². The first-order valence-corrected chi connectivity index (χ1v) is 14.8. The molecular formula is C31H35N5O3S. The number of aryl methyl sites for hydroxylation is 1. The fourth-order valence-corrected chi connectivity index (χ4v) is 6.98. The SMILES string of the molecule is CNC1CCc2cc(-c3snc4c(=O)n(CC5(O)CCN(C(=O)C[C@@H](C)c6ccccc6)CC5)cnc34)ccc21. The molecule has 3 heterocycles. The van der Waals surface area contributed by atoms with Gasteiger partial charge >= 0.3 is 0 Å². The molecule has 1 amide bonds. The first-order chi connectivity index (χ1) is 19.3. The molecule has 40 heavy (non-hydrogen) atoms. The van der Waals surface area contributed by atoms with E-state index in [4.69, 9.17) is 0 Å². The summed E-state index contributed by atoms with van der Waals surface area (Å²) in [6, 6.07) is 16.9. The fourth-order valence-electron chi connectivity index (χ4n) is 6.16. The summed E-state index contributed by atoms with van der Waals surface area (Å²) in [6.07, 6.45) is 4.91. The van der Waals surface area contributed by atoms with Gasteiger partial charge in [-0.2, -0.15) is 4.37 Å². The summed E-state index contributed by atoms with van der Waals surface area (Å²) in [4.78, 5) is 33.7. The number of aliphatic hydroxyl groups is 1. The van der Waals surface area contributed by atoms with Gasteiger partial charge < -0.3 is 15.3 Å². The van der Waals surface area contributed by atoms with Gasteiger partial charge in [-0.3, -0.25) is 14.2 Å². The average Bonchev–Trinajstić information content (AvgIpc) is 3.59. The Morgan fingerprint density at radius 1 is 1.18 bits per heavy atom. The van der Waals surface area contributed by atoms with E-state index in [1.165, 1.54) is 33.6 Å². The number of fused-ring (bicyclic) bond motifs is 2. The number of hydrogen-bond acceptors (Lipinski definition) is 7. The molecule has 9 heteroatoms. The first kappa shape index (κ1) is 26.8. The van der Waals surface area contributed by atoms with E-state index < -0.39 is 5.60 Å². The number of benzene rings is 2. The zero-order valence-corrected chi connectivity index (χ0v) is 23.8. The standard InChI is InChI=1S/C31H35N5O3S/c1-20(21-6-4-3-5-7-21)16-26(37)35-14-12-31(39,13-15-35)18-36-19-33-27-28(30(36)38)34-40-29(27)23-8-10-24-22(17-23)9-11-25(24)32-2/h3-8,10,17,19-20,25,32,39H,9,11-16,18H2,1-2H3/t20-,25?/m1/s1. The van der Waals surface area contributed by atoms with Gasteiger partial charge in [-0.15, -0.1) is 0 Å². The summed E-state index contributed by atoms with van der Waals surface area (Å²) in [6.45, 7) is 3.13. The zero-order chi connectivity index (χ0) is 27.9. The van der Waals surface area contributed by atoms with Crippen molar-refractivity contribution in [2.24, 2.45) is 0 Å². The van der Waals surface area contributed by atoms with E-state index in [2.05, 4.69) is 39.8 Å². The summed E-state index contributed by atoms with van der Waals surface area (Å²) < 4.78 is 5.96. The molecular weight excluding hydrogens is 522 g/mol. The summed E-state index contributed by atoms with van der Waals surface area (Å²) in [5, 5.41) is 14.7. The van der Waals surface area contributed by atoms with Crippen LogP contribution < -0.4 is 10.9 Å². The van der Waals surface area contributed by atoms with Crippen LogP contribution in [-0.4, -0.2) is 55.6 Å². The minimum absolute atomic E-state index is 0.0988. The van der Waals surface area contributed by atoms with E-state index in [0.717, 1.165) is 28.8 Å². The van der Waals surface area contributed by atoms with Crippen molar-refractivity contribution in [2.45, 2.75) is 63.1 Å². The molecule has 2 aromatic heterocycles. The lowest BCUT2D eigenvalue weighted by Crippen LogP contribution is -2.49. The van der Waals surface area contributed by atoms with E-state index in [1.54, 1.807) is 0 Å². The topological polar surface area (TPSA) is 100 Å². The molecule has 1 saturated heterocycles. The van der Waals surface area contributed by atoms with Crippen LogP contribution in [0.2, 0.25) is 0 Å². The van der Waals surface area contributed by atoms with Crippen molar-refractivity contribution in [1.29, 1.82) is 0 Å². The Morgan fingerprint density at radius 2 is 1.95 bits per heavy atom. The molecule has 208 valence electrons. The highest BCUT2D eigenvalue weighted by Crippen LogP contribution is 2.37. The number of aromatic nitrogens is 3. The van der Waals surface area contributed by atoms with E-state index in [9.17, 15) is 14.7 Å². The zero-order valence-electron chi connectivity index (χ0n) is 23.0. The number of carbonyl (C=O) groups excluding carboxylic acids is 1. The third kappa shape index (κ3) is 5.09. The predicted molar refractivity (Wildman–Crippen MR) is 157 cm³/mol. The van der Waals surface area contributed by atoms with Gasteiger partial charge in [0.05, 0.1) is 23.4 Å². The Morgan fingerprint density at radius 3 is 2.70 bits per heavy atom. The van der Waals surface area contributed by atoms with Crippen LogP contribution in [0.3, 0.4) is 0 Å². The maximum atomic E-state index is 13.4. The number of carbonyl (C=O) groups is 1. The van der Waals surface area contributed by atoms with Crippen LogP contribution in [0.4, 0.5) is 0 Å². The van der Waals surface area contributed by atoms with Crippen LogP contribution in [0.25, 0.3) is 21.5 Å². The molecule has 8 nitrogen and oxygen atoms in total. The minimum atomic E-state index is -1.08. The number of nitrogens with one attached hydrogen (secondary N) is 1. The lowest BCUT2D eigenvalue weighted by molar-refractivity contribution is -0.136. The Bertz CT molecular complexity index is 1590. The summed E-state index contributed by atoms with van der Waals surface area (Å²) in [5.41, 5.74) is 4.46. The molecule has 2 N–H and O–H groups in total. The highest BCUT2D eigenvalue weighted by molar-refractivity contribution is 7.11. The molecule has 2 atom stereocenters. The lowest BCUT2D eigenvalue weighted by atomic mass is 9.90. The lowest BCUT2D eigenvalue weighted by Gasteiger charge is -2.38. The van der Waals surface area contributed by atoms with Crippen LogP contribution in [-0.2, 0) is 17.8 Å². The average molecular weight is 558 g/mol. The number of nitrogens with zero attached hydrogens (tertiary/aromatic N) is 4. The van der Waals surface area contributed by atoms with Crippen LogP contribution in [0.5, 0.6) is 0 Å². The van der Waals surface area contributed by atoms with Crippen molar-refractivity contribution >= 4 is 28.5 Å². The maximum Gasteiger partial charge on any atom is 0.281 e. The van der Waals surface area contributed by atoms with Crippen LogP contribution in [0.1, 0.15) is 61.3 Å². The number of rotatable bonds is 7. The van der Waals surface area contributed by atoms with E-state index in [0.29, 0.717) is 49.4 Å². The number of hydrogen-bond donors (Lipinski definition) is 2. The van der Waals surface area contributed by atoms with Gasteiger partial charge in [-0.1, -0.05) is 49.4 Å². The van der Waals surface area contributed by atoms with Gasteiger partial charge in [0.25, 0.3) is 5.56 Å². The number of likely N-dealkylation sites (tertiary alicyclic amines) is 1. The second-order valence-corrected chi connectivity index (χ2v) is 12.1. The van der Waals surface area contributed by atoms with Crippen LogP contribution in [0, 0.1) is 0 Å². The van der Waals surface area contributed by atoms with Crippen molar-refractivity contribution in [3.05, 3.63) is 81.9 Å². The summed E-state index contributed by atoms with van der Waals surface area (Å²) in [7, 11) is 1.99. The van der Waals surface area contributed by atoms with Crippen LogP contribution >= 0.6 is 11.5 Å². The quantitative estimate of drug-likeness (QED) is 0.352. The number of amides is 1. The normalized spacial score (nSPS) is 19.1. The molecule has 1 fully saturated rings. The highest BCUT2D eigenvalue weighted by atomic mass is 32.1. The van der Waals surface area contributed by atoms with Crippen molar-refractivity contribution in [3.63, 3.8) is 0 Å². The van der Waals surface area contributed by atoms with E-state index in [1.807, 2.05) is 42.3 Å². The fraction of sp³-hybridized carbons (Fsp3) is 0.419. The van der Waals surface area contributed by atoms with Crippen molar-refractivity contribution in [2.75, 3.05) is 20.1 Å². The second kappa shape index (κ2) is 10.9. The molecule has 1 aliphatic carbocycles. The van der Waals surface area contributed by atoms with E-state index in [-0.39, 0.29) is 23.9 Å². The van der Waals surface area contributed by atoms with Crippen LogP contribution in [0.15, 0.2) is 59.7 Å². The summed E-state index contributed by atoms with van der Waals surface area (Å²) in [5.74, 6) is 0.234. The molecule has 1 unspecified atom stereocenters. The molecule has 1 aliphatic heterocycles. The monoisotopic (exact) mass is 557 g/mol. The van der Waals surface area contributed by atoms with Gasteiger partial charge in [0.2, 0.25) is 5.91 Å². The van der Waals surface area contributed by atoms with Gasteiger partial charge in [-0.25, -0.2) is 4.98 Å². The Kier molecular flexibility index (Phi) is 7.29. The Balaban J connectivity index is 1.13. The van der Waals surface area contributed by atoms with Crippen molar-refractivity contribution in [3.8, 4) is 10.4 Å². The van der Waals surface area contributed by atoms with Gasteiger partial charge in [0.1, 0.15) is 5.52 Å². The third-order valence-electron chi connectivity index (χ3n) is 8.65. The maximum absolute atomic E-state index is 13.4. The molecule has 0 radical (unpaired) electrons. The Labute approximate surface area is 237 Å². The predicted octanol–water partition coefficient (Wildman–Crippen LogP) is 4.27. The molecule has 6 rings (SSSR count). The smallest absolute Gasteiger partial charge is 0.281 e. The number of piperidine rings is 1. The van der Waals surface area contributed by atoms with Gasteiger partial charge in [0, 0.05) is 25.6 Å². The Hall–Kier alpha value is -3.40. The van der Waals surface area contributed by atoms with E-state index >= 15 is 0 Å². The molecule has 2 aliphatic rings. The van der Waals surface area contributed by atoms with Crippen molar-refractivity contribution in [1.82, 2.24) is 24.1 Å². The largest absolute Gasteiger partial charge is 0.388 e. The third-order valence-corrected chi connectivity index (χ3v) is 9.54. The summed E-state index contributed by atoms with van der Waals surface area (Å²) >= 11 is 1.29. The van der Waals surface area contributed by atoms with Gasteiger partial charge in [0.15, 0.2) is 5.52 Å². The molecule has 0 saturated carbocycles. The minimum Gasteiger partial charge on any atom is -0.388 e. The van der Waals surface area contributed by atoms with Gasteiger partial charge in [-0.05, 0) is 78.5 Å². The molecule has 0 spiro atoms. The molecule has 0 bridgehead atoms. The highest BCUT2D eigenvalue weighted by Gasteiger charge is 2.35. The molecule has 2 aromatic carbocycles. The first-order valence-electron chi connectivity index (χ1n) is 14.1. The second-order valence-electron chi connectivity index (χ2n) is 11.3. The molecule has 4 aromatic rings.